The van der Waals surface area contributed by atoms with Crippen LogP contribution in [0.25, 0.3) is 11.1 Å². The van der Waals surface area contributed by atoms with E-state index in [-0.39, 0.29) is 30.9 Å². The molecule has 0 radical (unpaired) electrons. The number of alkyl carbamates (subject to hydrolysis) is 1. The van der Waals surface area contributed by atoms with E-state index in [0.29, 0.717) is 25.8 Å². The van der Waals surface area contributed by atoms with Gasteiger partial charge in [-0.25, -0.2) is 4.79 Å². The lowest BCUT2D eigenvalue weighted by atomic mass is 9.85. The average molecular weight is 477 g/mol. The molecule has 2 N–H and O–H groups in total. The highest BCUT2D eigenvalue weighted by Gasteiger charge is 2.54. The Labute approximate surface area is 205 Å². The molecule has 7 nitrogen and oxygen atoms in total. The summed E-state index contributed by atoms with van der Waals surface area (Å²) in [5.74, 6) is -0.759. The zero-order chi connectivity index (χ0) is 24.4. The standard InChI is InChI=1S/C28H32N2O5/c31-25(30-19-12-14-28(30,15-13-19)17-26(32)33)11-5-6-16-29-27(34)35-18-24-22-9-3-1-7-20(22)21-8-2-4-10-23(21)24/h1-4,7-10,19,24H,5-6,11-18H2,(H,29,34)(H,32,33). The normalized spacial score (nSPS) is 22.1. The average Bonchev–Trinajstić information content (AvgIpc) is 3.49. The van der Waals surface area contributed by atoms with Gasteiger partial charge in [-0.15, -0.1) is 0 Å². The maximum absolute atomic E-state index is 12.9. The maximum Gasteiger partial charge on any atom is 0.407 e. The number of benzene rings is 2. The van der Waals surface area contributed by atoms with Crippen LogP contribution in [0.1, 0.15) is 68.4 Å². The highest BCUT2D eigenvalue weighted by Crippen LogP contribution is 2.49. The number of hydrogen-bond acceptors (Lipinski definition) is 4. The Hall–Kier alpha value is -3.35. The van der Waals surface area contributed by atoms with Crippen LogP contribution < -0.4 is 5.32 Å². The van der Waals surface area contributed by atoms with Gasteiger partial charge in [0.2, 0.25) is 5.91 Å². The van der Waals surface area contributed by atoms with Crippen molar-refractivity contribution < 1.29 is 24.2 Å². The smallest absolute Gasteiger partial charge is 0.407 e. The molecule has 2 aliphatic heterocycles. The number of carboxylic acids is 1. The van der Waals surface area contributed by atoms with Crippen LogP contribution in [-0.2, 0) is 14.3 Å². The molecule has 35 heavy (non-hydrogen) atoms. The molecule has 2 aromatic rings. The SMILES string of the molecule is O=C(O)CC12CCC(CC1)N2C(=O)CCCCNC(=O)OCC1c2ccccc2-c2ccccc21. The van der Waals surface area contributed by atoms with E-state index in [9.17, 15) is 19.5 Å². The molecule has 1 aliphatic carbocycles. The van der Waals surface area contributed by atoms with E-state index in [1.807, 2.05) is 29.2 Å². The van der Waals surface area contributed by atoms with Crippen LogP contribution in [0.5, 0.6) is 0 Å². The molecule has 184 valence electrons. The second kappa shape index (κ2) is 9.72. The third kappa shape index (κ3) is 4.51. The van der Waals surface area contributed by atoms with Crippen molar-refractivity contribution in [1.82, 2.24) is 10.2 Å². The van der Waals surface area contributed by atoms with Crippen molar-refractivity contribution in [2.45, 2.75) is 68.9 Å². The van der Waals surface area contributed by atoms with Gasteiger partial charge >= 0.3 is 12.1 Å². The topological polar surface area (TPSA) is 95.9 Å². The first kappa shape index (κ1) is 23.4. The Kier molecular flexibility index (Phi) is 6.50. The third-order valence-electron chi connectivity index (χ3n) is 7.94. The van der Waals surface area contributed by atoms with Gasteiger partial charge in [0.05, 0.1) is 12.0 Å². The van der Waals surface area contributed by atoms with Crippen molar-refractivity contribution in [3.8, 4) is 11.1 Å². The van der Waals surface area contributed by atoms with Crippen LogP contribution in [0.2, 0.25) is 0 Å². The lowest BCUT2D eigenvalue weighted by molar-refractivity contribution is -0.143. The Balaban J connectivity index is 1.05. The van der Waals surface area contributed by atoms with Crippen LogP contribution in [0.15, 0.2) is 48.5 Å². The van der Waals surface area contributed by atoms with Crippen molar-refractivity contribution in [2.75, 3.05) is 13.2 Å². The molecule has 0 spiro atoms. The molecule has 7 heteroatoms. The molecule has 0 saturated carbocycles. The molecule has 2 aromatic carbocycles. The number of carboxylic acid groups (broad SMARTS) is 1. The van der Waals surface area contributed by atoms with Gasteiger partial charge in [-0.1, -0.05) is 48.5 Å². The summed E-state index contributed by atoms with van der Waals surface area (Å²) in [5, 5.41) is 12.1. The van der Waals surface area contributed by atoms with E-state index in [4.69, 9.17) is 4.74 Å². The molecule has 0 unspecified atom stereocenters. The Bertz CT molecular complexity index is 1080. The molecule has 0 aromatic heterocycles. The highest BCUT2D eigenvalue weighted by molar-refractivity contribution is 5.80. The Morgan fingerprint density at radius 2 is 1.60 bits per heavy atom. The summed E-state index contributed by atoms with van der Waals surface area (Å²) < 4.78 is 5.55. The van der Waals surface area contributed by atoms with Gasteiger partial charge in [-0.3, -0.25) is 9.59 Å². The number of rotatable bonds is 9. The minimum absolute atomic E-state index is 0.0275. The zero-order valence-corrected chi connectivity index (χ0v) is 19.9. The zero-order valence-electron chi connectivity index (χ0n) is 19.9. The summed E-state index contributed by atoms with van der Waals surface area (Å²) in [7, 11) is 0. The molecular weight excluding hydrogens is 444 g/mol. The fourth-order valence-electron chi connectivity index (χ4n) is 6.40. The van der Waals surface area contributed by atoms with Crippen LogP contribution in [0.4, 0.5) is 4.79 Å². The van der Waals surface area contributed by atoms with Crippen LogP contribution in [0, 0.1) is 0 Å². The van der Waals surface area contributed by atoms with Gasteiger partial charge in [-0.05, 0) is 60.8 Å². The third-order valence-corrected chi connectivity index (χ3v) is 7.94. The monoisotopic (exact) mass is 476 g/mol. The Morgan fingerprint density at radius 1 is 0.971 bits per heavy atom. The van der Waals surface area contributed by atoms with Gasteiger partial charge in [0, 0.05) is 24.9 Å². The summed E-state index contributed by atoms with van der Waals surface area (Å²) in [6, 6.07) is 16.6. The molecule has 2 heterocycles. The van der Waals surface area contributed by atoms with E-state index in [2.05, 4.69) is 29.6 Å². The largest absolute Gasteiger partial charge is 0.481 e. The van der Waals surface area contributed by atoms with Crippen molar-refractivity contribution in [1.29, 1.82) is 0 Å². The lowest BCUT2D eigenvalue weighted by Gasteiger charge is -2.34. The number of unbranched alkanes of at least 4 members (excludes halogenated alkanes) is 1. The number of carbonyl (C=O) groups excluding carboxylic acids is 2. The first-order valence-electron chi connectivity index (χ1n) is 12.6. The summed E-state index contributed by atoms with van der Waals surface area (Å²) in [6.45, 7) is 0.716. The van der Waals surface area contributed by atoms with E-state index in [0.717, 1.165) is 25.7 Å². The van der Waals surface area contributed by atoms with E-state index >= 15 is 0 Å². The van der Waals surface area contributed by atoms with Crippen molar-refractivity contribution in [2.24, 2.45) is 0 Å². The molecular formula is C28H32N2O5. The highest BCUT2D eigenvalue weighted by atomic mass is 16.5. The molecule has 2 bridgehead atoms. The first-order valence-corrected chi connectivity index (χ1v) is 12.6. The summed E-state index contributed by atoms with van der Waals surface area (Å²) in [5.41, 5.74) is 4.26. The molecule has 5 rings (SSSR count). The van der Waals surface area contributed by atoms with Gasteiger partial charge in [-0.2, -0.15) is 0 Å². The molecule has 2 saturated heterocycles. The van der Waals surface area contributed by atoms with Crippen molar-refractivity contribution in [3.05, 3.63) is 59.7 Å². The predicted octanol–water partition coefficient (Wildman–Crippen LogP) is 4.69. The minimum atomic E-state index is -0.836. The number of nitrogens with one attached hydrogen (secondary N) is 1. The van der Waals surface area contributed by atoms with Crippen LogP contribution >= 0.6 is 0 Å². The van der Waals surface area contributed by atoms with E-state index in [1.165, 1.54) is 22.3 Å². The van der Waals surface area contributed by atoms with Crippen molar-refractivity contribution >= 4 is 18.0 Å². The summed E-state index contributed by atoms with van der Waals surface area (Å²) in [6.07, 6.45) is 4.68. The molecule has 3 aliphatic rings. The van der Waals surface area contributed by atoms with Crippen LogP contribution in [-0.4, -0.2) is 52.7 Å². The second-order valence-electron chi connectivity index (χ2n) is 10.00. The van der Waals surface area contributed by atoms with E-state index in [1.54, 1.807) is 0 Å². The second-order valence-corrected chi connectivity index (χ2v) is 10.00. The number of amides is 2. The maximum atomic E-state index is 12.9. The lowest BCUT2D eigenvalue weighted by Crippen LogP contribution is -2.46. The van der Waals surface area contributed by atoms with E-state index < -0.39 is 17.6 Å². The van der Waals surface area contributed by atoms with Gasteiger partial charge in [0.1, 0.15) is 6.61 Å². The fourth-order valence-corrected chi connectivity index (χ4v) is 6.40. The fraction of sp³-hybridized carbons (Fsp3) is 0.464. The predicted molar refractivity (Wildman–Crippen MR) is 131 cm³/mol. The molecule has 2 amide bonds. The van der Waals surface area contributed by atoms with Gasteiger partial charge < -0.3 is 20.1 Å². The first-order chi connectivity index (χ1) is 17.0. The molecule has 0 atom stereocenters. The summed E-state index contributed by atoms with van der Waals surface area (Å²) in [4.78, 5) is 38.4. The minimum Gasteiger partial charge on any atom is -0.481 e. The number of hydrogen-bond donors (Lipinski definition) is 2. The van der Waals surface area contributed by atoms with Crippen molar-refractivity contribution in [3.63, 3.8) is 0 Å². The number of fused-ring (bicyclic) bond motifs is 5. The van der Waals surface area contributed by atoms with Gasteiger partial charge in [0.25, 0.3) is 0 Å². The number of ether oxygens (including phenoxy) is 1. The number of carbonyl (C=O) groups is 3. The van der Waals surface area contributed by atoms with Crippen LogP contribution in [0.3, 0.4) is 0 Å². The number of nitrogens with zero attached hydrogens (tertiary/aromatic N) is 1. The quantitative estimate of drug-likeness (QED) is 0.512. The number of aliphatic carboxylic acids is 1. The summed E-state index contributed by atoms with van der Waals surface area (Å²) >= 11 is 0. The molecule has 2 fully saturated rings. The van der Waals surface area contributed by atoms with Gasteiger partial charge in [0.15, 0.2) is 0 Å². The Morgan fingerprint density at radius 3 is 2.23 bits per heavy atom.